The van der Waals surface area contributed by atoms with E-state index in [4.69, 9.17) is 0 Å². The van der Waals surface area contributed by atoms with Crippen LogP contribution in [-0.4, -0.2) is 19.8 Å². The highest BCUT2D eigenvalue weighted by Gasteiger charge is 2.14. The zero-order valence-corrected chi connectivity index (χ0v) is 18.4. The molecule has 0 spiro atoms. The molecule has 0 saturated carbocycles. The van der Waals surface area contributed by atoms with E-state index in [0.717, 1.165) is 22.6 Å². The van der Waals surface area contributed by atoms with Crippen LogP contribution in [0.15, 0.2) is 70.4 Å². The van der Waals surface area contributed by atoms with Crippen molar-refractivity contribution in [3.8, 4) is 16.8 Å². The molecule has 0 unspecified atom stereocenters. The minimum absolute atomic E-state index is 0.245. The molecule has 0 saturated heterocycles. The van der Waals surface area contributed by atoms with E-state index in [1.165, 1.54) is 36.5 Å². The molecule has 1 heterocycles. The van der Waals surface area contributed by atoms with Gasteiger partial charge in [-0.1, -0.05) is 54.1 Å². The highest BCUT2D eigenvalue weighted by atomic mass is 32.2. The molecule has 0 atom stereocenters. The van der Waals surface area contributed by atoms with Gasteiger partial charge in [0.2, 0.25) is 0 Å². The van der Waals surface area contributed by atoms with E-state index in [-0.39, 0.29) is 5.69 Å². The molecular formula is C24H24N4OS. The zero-order chi connectivity index (χ0) is 21.3. The Morgan fingerprint density at radius 2 is 1.60 bits per heavy atom. The Hall–Kier alpha value is -3.12. The number of aromatic nitrogens is 4. The molecule has 0 fully saturated rings. The second kappa shape index (κ2) is 8.32. The van der Waals surface area contributed by atoms with E-state index in [2.05, 4.69) is 79.7 Å². The van der Waals surface area contributed by atoms with Crippen molar-refractivity contribution in [2.24, 2.45) is 7.05 Å². The second-order valence-electron chi connectivity index (χ2n) is 7.50. The van der Waals surface area contributed by atoms with Crippen LogP contribution in [0.25, 0.3) is 16.8 Å². The number of nitrogens with zero attached hydrogens (tertiary/aromatic N) is 4. The van der Waals surface area contributed by atoms with Crippen LogP contribution in [0.1, 0.15) is 22.3 Å². The first-order valence-electron chi connectivity index (χ1n) is 9.82. The average Bonchev–Trinajstić information content (AvgIpc) is 3.07. The van der Waals surface area contributed by atoms with Gasteiger partial charge in [-0.25, -0.2) is 4.79 Å². The van der Waals surface area contributed by atoms with Gasteiger partial charge < -0.3 is 0 Å². The van der Waals surface area contributed by atoms with Crippen LogP contribution in [0, 0.1) is 20.8 Å². The first-order valence-corrected chi connectivity index (χ1v) is 10.8. The third-order valence-electron chi connectivity index (χ3n) is 5.27. The quantitative estimate of drug-likeness (QED) is 0.437. The molecule has 6 heteroatoms. The Labute approximate surface area is 180 Å². The van der Waals surface area contributed by atoms with E-state index in [0.29, 0.717) is 0 Å². The fraction of sp³-hybridized carbons (Fsp3) is 0.208. The third-order valence-corrected chi connectivity index (χ3v) is 6.47. The van der Waals surface area contributed by atoms with Crippen LogP contribution in [0.2, 0.25) is 0 Å². The normalized spacial score (nSPS) is 11.1. The topological polar surface area (TPSA) is 52.7 Å². The summed E-state index contributed by atoms with van der Waals surface area (Å²) >= 11 is 1.77. The molecular weight excluding hydrogens is 392 g/mol. The van der Waals surface area contributed by atoms with Crippen molar-refractivity contribution >= 4 is 11.8 Å². The Bertz CT molecular complexity index is 1260. The van der Waals surface area contributed by atoms with Crippen molar-refractivity contribution in [3.63, 3.8) is 0 Å². The predicted molar refractivity (Wildman–Crippen MR) is 122 cm³/mol. The van der Waals surface area contributed by atoms with Crippen molar-refractivity contribution in [1.82, 2.24) is 19.8 Å². The lowest BCUT2D eigenvalue weighted by Crippen LogP contribution is -2.23. The number of tetrazole rings is 1. The maximum absolute atomic E-state index is 12.3. The Morgan fingerprint density at radius 3 is 2.27 bits per heavy atom. The summed E-state index contributed by atoms with van der Waals surface area (Å²) in [7, 11) is 1.61. The van der Waals surface area contributed by atoms with Gasteiger partial charge in [0.25, 0.3) is 0 Å². The fourth-order valence-electron chi connectivity index (χ4n) is 3.42. The summed E-state index contributed by atoms with van der Waals surface area (Å²) in [5, 5.41) is 7.87. The largest absolute Gasteiger partial charge is 0.368 e. The molecule has 0 radical (unpaired) electrons. The van der Waals surface area contributed by atoms with Gasteiger partial charge in [0, 0.05) is 17.7 Å². The highest BCUT2D eigenvalue weighted by molar-refractivity contribution is 7.98. The van der Waals surface area contributed by atoms with E-state index in [1.807, 2.05) is 12.1 Å². The number of hydrogen-bond acceptors (Lipinski definition) is 4. The van der Waals surface area contributed by atoms with Gasteiger partial charge >= 0.3 is 5.69 Å². The Morgan fingerprint density at radius 1 is 0.867 bits per heavy atom. The van der Waals surface area contributed by atoms with Crippen LogP contribution >= 0.6 is 11.8 Å². The molecule has 0 aliphatic rings. The van der Waals surface area contributed by atoms with Gasteiger partial charge in [0.15, 0.2) is 0 Å². The zero-order valence-electron chi connectivity index (χ0n) is 17.6. The van der Waals surface area contributed by atoms with E-state index >= 15 is 0 Å². The van der Waals surface area contributed by atoms with Crippen LogP contribution in [-0.2, 0) is 12.8 Å². The minimum Gasteiger partial charge on any atom is -0.244 e. The van der Waals surface area contributed by atoms with Crippen LogP contribution in [0.4, 0.5) is 0 Å². The van der Waals surface area contributed by atoms with Crippen LogP contribution in [0.3, 0.4) is 0 Å². The number of rotatable bonds is 5. The molecule has 0 N–H and O–H groups in total. The van der Waals surface area contributed by atoms with Crippen molar-refractivity contribution in [2.75, 3.05) is 0 Å². The number of aryl methyl sites for hydroxylation is 4. The fourth-order valence-corrected chi connectivity index (χ4v) is 4.55. The monoisotopic (exact) mass is 416 g/mol. The third kappa shape index (κ3) is 3.96. The number of hydrogen-bond donors (Lipinski definition) is 0. The van der Waals surface area contributed by atoms with Crippen LogP contribution < -0.4 is 5.69 Å². The van der Waals surface area contributed by atoms with Gasteiger partial charge in [-0.15, -0.1) is 11.8 Å². The summed E-state index contributed by atoms with van der Waals surface area (Å²) in [6, 6.07) is 21.1. The van der Waals surface area contributed by atoms with Gasteiger partial charge in [0.1, 0.15) is 0 Å². The summed E-state index contributed by atoms with van der Waals surface area (Å²) in [4.78, 5) is 13.6. The molecule has 0 aliphatic carbocycles. The Balaban J connectivity index is 1.60. The maximum atomic E-state index is 12.3. The first kappa shape index (κ1) is 20.2. The summed E-state index contributed by atoms with van der Waals surface area (Å²) in [5.74, 6) is 0.746. The summed E-state index contributed by atoms with van der Waals surface area (Å²) in [6.45, 7) is 6.31. The maximum Gasteiger partial charge on any atom is 0.368 e. The van der Waals surface area contributed by atoms with E-state index in [9.17, 15) is 4.79 Å². The number of thioether (sulfide) groups is 1. The molecule has 0 amide bonds. The molecule has 152 valence electrons. The van der Waals surface area contributed by atoms with Crippen LogP contribution in [0.5, 0.6) is 0 Å². The van der Waals surface area contributed by atoms with Crippen molar-refractivity contribution in [3.05, 3.63) is 93.4 Å². The molecule has 5 nitrogen and oxygen atoms in total. The molecule has 4 aromatic rings. The van der Waals surface area contributed by atoms with Gasteiger partial charge in [-0.3, -0.25) is 0 Å². The summed E-state index contributed by atoms with van der Waals surface area (Å²) < 4.78 is 2.61. The van der Waals surface area contributed by atoms with Crippen molar-refractivity contribution in [1.29, 1.82) is 0 Å². The predicted octanol–water partition coefficient (Wildman–Crippen LogP) is 4.85. The van der Waals surface area contributed by atoms with Gasteiger partial charge in [-0.2, -0.15) is 9.36 Å². The van der Waals surface area contributed by atoms with Crippen molar-refractivity contribution < 1.29 is 0 Å². The van der Waals surface area contributed by atoms with Crippen molar-refractivity contribution in [2.45, 2.75) is 31.4 Å². The molecule has 0 bridgehead atoms. The molecule has 0 aliphatic heterocycles. The molecule has 1 aromatic heterocycles. The molecule has 4 rings (SSSR count). The second-order valence-corrected chi connectivity index (χ2v) is 8.52. The first-order chi connectivity index (χ1) is 14.4. The molecule has 3 aromatic carbocycles. The van der Waals surface area contributed by atoms with Gasteiger partial charge in [0.05, 0.1) is 5.69 Å². The van der Waals surface area contributed by atoms with E-state index < -0.39 is 0 Å². The Kier molecular flexibility index (Phi) is 5.59. The van der Waals surface area contributed by atoms with Gasteiger partial charge in [-0.05, 0) is 71.1 Å². The summed E-state index contributed by atoms with van der Waals surface area (Å²) in [5.41, 5.74) is 7.71. The standard InChI is InChI=1S/C24H24N4OS/c1-16-8-10-19(11-9-16)20-12-13-23(18(3)14-20)30-15-21-17(2)6-5-7-22(21)28-24(29)27(4)25-26-28/h5-14H,15H2,1-4H3. The molecule has 30 heavy (non-hydrogen) atoms. The smallest absolute Gasteiger partial charge is 0.244 e. The lowest BCUT2D eigenvalue weighted by Gasteiger charge is -2.13. The number of benzene rings is 3. The highest BCUT2D eigenvalue weighted by Crippen LogP contribution is 2.32. The lowest BCUT2D eigenvalue weighted by atomic mass is 10.0. The summed E-state index contributed by atoms with van der Waals surface area (Å²) in [6.07, 6.45) is 0. The SMILES string of the molecule is Cc1ccc(-c2ccc(SCc3c(C)cccc3-n3nnn(C)c3=O)c(C)c2)cc1. The minimum atomic E-state index is -0.245. The lowest BCUT2D eigenvalue weighted by molar-refractivity contribution is 0.692. The van der Waals surface area contributed by atoms with E-state index in [1.54, 1.807) is 18.8 Å². The average molecular weight is 417 g/mol.